The van der Waals surface area contributed by atoms with Gasteiger partial charge in [-0.3, -0.25) is 0 Å². The molecule has 0 aliphatic rings. The Hall–Kier alpha value is -2.15. The third-order valence-electron chi connectivity index (χ3n) is 2.45. The summed E-state index contributed by atoms with van der Waals surface area (Å²) in [7, 11) is 0. The first kappa shape index (κ1) is 14.3. The number of carboxylic acids is 1. The topological polar surface area (TPSA) is 63.1 Å². The molecule has 1 N–H and O–H groups in total. The summed E-state index contributed by atoms with van der Waals surface area (Å²) in [4.78, 5) is 18.0. The number of hydrogen-bond donors (Lipinski definition) is 1. The van der Waals surface area contributed by atoms with Crippen LogP contribution >= 0.6 is 11.6 Å². The Kier molecular flexibility index (Phi) is 3.63. The van der Waals surface area contributed by atoms with E-state index >= 15 is 0 Å². The van der Waals surface area contributed by atoms with Crippen LogP contribution in [-0.2, 0) is 6.18 Å². The maximum Gasteiger partial charge on any atom is 0.417 e. The van der Waals surface area contributed by atoms with Gasteiger partial charge < -0.3 is 5.11 Å². The minimum atomic E-state index is -4.57. The van der Waals surface area contributed by atoms with Gasteiger partial charge in [-0.25, -0.2) is 14.8 Å². The van der Waals surface area contributed by atoms with E-state index in [0.717, 1.165) is 12.3 Å². The molecule has 0 amide bonds. The van der Waals surface area contributed by atoms with Gasteiger partial charge in [-0.15, -0.1) is 0 Å². The van der Waals surface area contributed by atoms with Crippen LogP contribution in [0.2, 0.25) is 5.15 Å². The highest BCUT2D eigenvalue weighted by molar-refractivity contribution is 6.32. The lowest BCUT2D eigenvalue weighted by Gasteiger charge is -2.11. The number of benzene rings is 1. The molecule has 2 aromatic rings. The van der Waals surface area contributed by atoms with Crippen LogP contribution in [0.4, 0.5) is 13.2 Å². The van der Waals surface area contributed by atoms with E-state index in [2.05, 4.69) is 9.97 Å². The molecule has 0 fully saturated rings. The number of aromatic carboxylic acids is 1. The van der Waals surface area contributed by atoms with Crippen molar-refractivity contribution in [3.63, 3.8) is 0 Å². The summed E-state index contributed by atoms with van der Waals surface area (Å²) in [6.07, 6.45) is -3.70. The molecule has 4 nitrogen and oxygen atoms in total. The summed E-state index contributed by atoms with van der Waals surface area (Å²) >= 11 is 5.63. The van der Waals surface area contributed by atoms with Crippen molar-refractivity contribution in [2.45, 2.75) is 6.18 Å². The molecule has 2 rings (SSSR count). The Morgan fingerprint density at radius 2 is 1.90 bits per heavy atom. The predicted octanol–water partition coefficient (Wildman–Crippen LogP) is 3.51. The largest absolute Gasteiger partial charge is 0.478 e. The molecule has 0 atom stereocenters. The second kappa shape index (κ2) is 5.09. The predicted molar refractivity (Wildman–Crippen MR) is 64.4 cm³/mol. The molecule has 0 saturated heterocycles. The average Bonchev–Trinajstić information content (AvgIpc) is 2.37. The van der Waals surface area contributed by atoms with Gasteiger partial charge in [0.05, 0.1) is 5.56 Å². The fourth-order valence-electron chi connectivity index (χ4n) is 1.56. The van der Waals surface area contributed by atoms with Crippen molar-refractivity contribution in [2.24, 2.45) is 0 Å². The van der Waals surface area contributed by atoms with Gasteiger partial charge in [0.15, 0.2) is 5.82 Å². The van der Waals surface area contributed by atoms with E-state index in [4.69, 9.17) is 16.7 Å². The van der Waals surface area contributed by atoms with Crippen molar-refractivity contribution < 1.29 is 23.1 Å². The van der Waals surface area contributed by atoms with Gasteiger partial charge in [-0.2, -0.15) is 13.2 Å². The van der Waals surface area contributed by atoms with Crippen molar-refractivity contribution in [3.8, 4) is 11.4 Å². The van der Waals surface area contributed by atoms with E-state index in [1.54, 1.807) is 0 Å². The zero-order chi connectivity index (χ0) is 14.9. The summed E-state index contributed by atoms with van der Waals surface area (Å²) in [6, 6.07) is 4.71. The number of carbonyl (C=O) groups is 1. The molecular weight excluding hydrogens is 297 g/mol. The van der Waals surface area contributed by atoms with Crippen LogP contribution in [0.5, 0.6) is 0 Å². The van der Waals surface area contributed by atoms with Crippen molar-refractivity contribution in [1.82, 2.24) is 9.97 Å². The molecule has 0 aliphatic carbocycles. The number of carboxylic acid groups (broad SMARTS) is 1. The van der Waals surface area contributed by atoms with E-state index in [-0.39, 0.29) is 17.0 Å². The second-order valence-electron chi connectivity index (χ2n) is 3.75. The van der Waals surface area contributed by atoms with Gasteiger partial charge >= 0.3 is 12.1 Å². The Balaban J connectivity index is 2.59. The lowest BCUT2D eigenvalue weighted by molar-refractivity contribution is -0.137. The molecule has 1 heterocycles. The molecule has 0 bridgehead atoms. The van der Waals surface area contributed by atoms with Crippen LogP contribution in [0.3, 0.4) is 0 Å². The zero-order valence-corrected chi connectivity index (χ0v) is 10.4. The summed E-state index contributed by atoms with van der Waals surface area (Å²) in [6.45, 7) is 0. The first-order chi connectivity index (χ1) is 9.30. The zero-order valence-electron chi connectivity index (χ0n) is 9.65. The highest BCUT2D eigenvalue weighted by Crippen LogP contribution is 2.36. The molecule has 0 saturated carbocycles. The molecule has 0 unspecified atom stereocenters. The fraction of sp³-hybridized carbons (Fsp3) is 0.0833. The van der Waals surface area contributed by atoms with Crippen LogP contribution in [0.1, 0.15) is 15.9 Å². The summed E-state index contributed by atoms with van der Waals surface area (Å²) < 4.78 is 38.6. The highest BCUT2D eigenvalue weighted by Gasteiger charge is 2.34. The highest BCUT2D eigenvalue weighted by atomic mass is 35.5. The Morgan fingerprint density at radius 3 is 2.45 bits per heavy atom. The van der Waals surface area contributed by atoms with Crippen molar-refractivity contribution in [3.05, 3.63) is 46.7 Å². The monoisotopic (exact) mass is 302 g/mol. The molecule has 8 heteroatoms. The maximum absolute atomic E-state index is 12.9. The summed E-state index contributed by atoms with van der Waals surface area (Å²) in [5.74, 6) is -1.64. The lowest BCUT2D eigenvalue weighted by atomic mass is 10.1. The molecule has 1 aromatic carbocycles. The van der Waals surface area contributed by atoms with Gasteiger partial charge in [0, 0.05) is 11.8 Å². The van der Waals surface area contributed by atoms with Crippen molar-refractivity contribution in [2.75, 3.05) is 0 Å². The first-order valence-corrected chi connectivity index (χ1v) is 5.61. The Morgan fingerprint density at radius 1 is 1.25 bits per heavy atom. The summed E-state index contributed by atoms with van der Waals surface area (Å²) in [5.41, 5.74) is -1.56. The first-order valence-electron chi connectivity index (χ1n) is 5.23. The van der Waals surface area contributed by atoms with E-state index in [1.807, 2.05) is 0 Å². The number of halogens is 4. The third-order valence-corrected chi connectivity index (χ3v) is 2.73. The summed E-state index contributed by atoms with van der Waals surface area (Å²) in [5, 5.41) is 8.35. The average molecular weight is 303 g/mol. The number of alkyl halides is 3. The normalized spacial score (nSPS) is 11.4. The van der Waals surface area contributed by atoms with Crippen LogP contribution in [0.15, 0.2) is 30.5 Å². The number of nitrogens with zero attached hydrogens (tertiary/aromatic N) is 2. The van der Waals surface area contributed by atoms with Gasteiger partial charge in [0.2, 0.25) is 0 Å². The SMILES string of the molecule is O=C(O)c1cnc(-c2ccccc2C(F)(F)F)nc1Cl. The van der Waals surface area contributed by atoms with Gasteiger partial charge in [0.25, 0.3) is 0 Å². The Bertz CT molecular complexity index is 674. The molecule has 0 radical (unpaired) electrons. The van der Waals surface area contributed by atoms with Crippen molar-refractivity contribution >= 4 is 17.6 Å². The van der Waals surface area contributed by atoms with Crippen LogP contribution in [-0.4, -0.2) is 21.0 Å². The van der Waals surface area contributed by atoms with E-state index < -0.39 is 22.9 Å². The standard InChI is InChI=1S/C12H6ClF3N2O2/c13-9-7(11(19)20)5-17-10(18-9)6-3-1-2-4-8(6)12(14,15)16/h1-5H,(H,19,20). The minimum absolute atomic E-state index is 0.265. The quantitative estimate of drug-likeness (QED) is 0.862. The molecular formula is C12H6ClF3N2O2. The minimum Gasteiger partial charge on any atom is -0.478 e. The molecule has 1 aromatic heterocycles. The van der Waals surface area contributed by atoms with Crippen molar-refractivity contribution in [1.29, 1.82) is 0 Å². The number of aromatic nitrogens is 2. The van der Waals surface area contributed by atoms with E-state index in [9.17, 15) is 18.0 Å². The van der Waals surface area contributed by atoms with Gasteiger partial charge in [-0.05, 0) is 6.07 Å². The third kappa shape index (κ3) is 2.72. The molecule has 20 heavy (non-hydrogen) atoms. The Labute approximate surface area is 115 Å². The molecule has 0 spiro atoms. The van der Waals surface area contributed by atoms with E-state index in [1.165, 1.54) is 18.2 Å². The van der Waals surface area contributed by atoms with Gasteiger partial charge in [0.1, 0.15) is 10.7 Å². The lowest BCUT2D eigenvalue weighted by Crippen LogP contribution is -2.09. The number of rotatable bonds is 2. The molecule has 104 valence electrons. The van der Waals surface area contributed by atoms with Crippen LogP contribution in [0, 0.1) is 0 Å². The fourth-order valence-corrected chi connectivity index (χ4v) is 1.77. The van der Waals surface area contributed by atoms with Gasteiger partial charge in [-0.1, -0.05) is 29.8 Å². The number of hydrogen-bond acceptors (Lipinski definition) is 3. The second-order valence-corrected chi connectivity index (χ2v) is 4.10. The van der Waals surface area contributed by atoms with Crippen LogP contribution in [0.25, 0.3) is 11.4 Å². The smallest absolute Gasteiger partial charge is 0.417 e. The molecule has 0 aliphatic heterocycles. The maximum atomic E-state index is 12.9. The van der Waals surface area contributed by atoms with E-state index in [0.29, 0.717) is 0 Å². The van der Waals surface area contributed by atoms with Crippen LogP contribution < -0.4 is 0 Å².